The average molecular weight is 302 g/mol. The van der Waals surface area contributed by atoms with E-state index in [0.29, 0.717) is 6.42 Å². The molecule has 2 aliphatic carbocycles. The van der Waals surface area contributed by atoms with E-state index in [-0.39, 0.29) is 11.8 Å². The van der Waals surface area contributed by atoms with Crippen molar-refractivity contribution in [3.63, 3.8) is 0 Å². The van der Waals surface area contributed by atoms with Crippen LogP contribution in [0, 0.1) is 17.8 Å². The molecule has 0 radical (unpaired) electrons. The Bertz CT molecular complexity index is 581. The molecule has 0 aromatic heterocycles. The smallest absolute Gasteiger partial charge is 0.330 e. The highest BCUT2D eigenvalue weighted by Crippen LogP contribution is 2.58. The number of esters is 2. The lowest BCUT2D eigenvalue weighted by Gasteiger charge is -2.29. The molecule has 3 rings (SSSR count). The van der Waals surface area contributed by atoms with Crippen molar-refractivity contribution < 1.29 is 31.7 Å². The molecule has 1 aliphatic heterocycles. The van der Waals surface area contributed by atoms with Gasteiger partial charge in [-0.25, -0.2) is 4.79 Å². The predicted molar refractivity (Wildman–Crippen MR) is 64.8 cm³/mol. The van der Waals surface area contributed by atoms with E-state index in [1.807, 2.05) is 0 Å². The molecule has 110 valence electrons. The maximum absolute atomic E-state index is 12.0. The van der Waals surface area contributed by atoms with E-state index in [9.17, 15) is 18.0 Å². The van der Waals surface area contributed by atoms with Crippen molar-refractivity contribution in [1.29, 1.82) is 0 Å². The van der Waals surface area contributed by atoms with Crippen LogP contribution >= 0.6 is 0 Å². The summed E-state index contributed by atoms with van der Waals surface area (Å²) in [4.78, 5) is 23.2. The van der Waals surface area contributed by atoms with Crippen LogP contribution in [-0.4, -0.2) is 44.9 Å². The van der Waals surface area contributed by atoms with Gasteiger partial charge >= 0.3 is 11.9 Å². The molecule has 0 amide bonds. The molecule has 1 heterocycles. The third kappa shape index (κ3) is 1.64. The fourth-order valence-corrected chi connectivity index (χ4v) is 5.74. The average Bonchev–Trinajstić information content (AvgIpc) is 2.98. The number of hydrogen-bond acceptors (Lipinski definition) is 7. The molecule has 6 atom stereocenters. The van der Waals surface area contributed by atoms with Crippen LogP contribution in [-0.2, 0) is 33.4 Å². The minimum Gasteiger partial charge on any atom is -0.469 e. The molecule has 2 bridgehead atoms. The lowest BCUT2D eigenvalue weighted by Crippen LogP contribution is -2.45. The van der Waals surface area contributed by atoms with Crippen LogP contribution in [0.25, 0.3) is 0 Å². The zero-order valence-corrected chi connectivity index (χ0v) is 11.5. The monoisotopic (exact) mass is 302 g/mol. The SMILES string of the molecule is C=CC(=O)OC1C2CC3C(OS(=O)(=O)C31)C2C(=O)OC. The molecule has 0 spiro atoms. The van der Waals surface area contributed by atoms with E-state index in [0.717, 1.165) is 6.08 Å². The molecule has 6 unspecified atom stereocenters. The van der Waals surface area contributed by atoms with E-state index >= 15 is 0 Å². The molecule has 0 aromatic carbocycles. The molecule has 2 saturated carbocycles. The molecule has 0 N–H and O–H groups in total. The van der Waals surface area contributed by atoms with Crippen LogP contribution in [0.2, 0.25) is 0 Å². The second-order valence-corrected chi connectivity index (χ2v) is 6.96. The fraction of sp³-hybridized carbons (Fsp3) is 0.667. The first-order chi connectivity index (χ1) is 9.40. The Morgan fingerprint density at radius 2 is 2.05 bits per heavy atom. The summed E-state index contributed by atoms with van der Waals surface area (Å²) in [7, 11) is -2.59. The predicted octanol–water partition coefficient (Wildman–Crippen LogP) is -0.380. The lowest BCUT2D eigenvalue weighted by atomic mass is 9.84. The van der Waals surface area contributed by atoms with Crippen LogP contribution in [0.1, 0.15) is 6.42 Å². The lowest BCUT2D eigenvalue weighted by molar-refractivity contribution is -0.158. The van der Waals surface area contributed by atoms with Gasteiger partial charge in [-0.3, -0.25) is 8.98 Å². The normalized spacial score (nSPS) is 43.2. The third-order valence-corrected chi connectivity index (χ3v) is 6.20. The van der Waals surface area contributed by atoms with Gasteiger partial charge < -0.3 is 9.47 Å². The summed E-state index contributed by atoms with van der Waals surface area (Å²) in [6.45, 7) is 3.29. The van der Waals surface area contributed by atoms with E-state index < -0.39 is 45.4 Å². The van der Waals surface area contributed by atoms with Gasteiger partial charge in [-0.05, 0) is 6.42 Å². The Hall–Kier alpha value is -1.41. The van der Waals surface area contributed by atoms with Crippen LogP contribution in [0.3, 0.4) is 0 Å². The number of carbonyl (C=O) groups excluding carboxylic acids is 2. The molecule has 20 heavy (non-hydrogen) atoms. The first kappa shape index (κ1) is 13.6. The summed E-state index contributed by atoms with van der Waals surface area (Å²) < 4.78 is 39.0. The van der Waals surface area contributed by atoms with Gasteiger partial charge in [-0.1, -0.05) is 6.58 Å². The van der Waals surface area contributed by atoms with E-state index in [2.05, 4.69) is 6.58 Å². The largest absolute Gasteiger partial charge is 0.469 e. The summed E-state index contributed by atoms with van der Waals surface area (Å²) in [5.74, 6) is -2.65. The Morgan fingerprint density at radius 1 is 1.35 bits per heavy atom. The molecule has 3 aliphatic rings. The number of rotatable bonds is 3. The Morgan fingerprint density at radius 3 is 2.65 bits per heavy atom. The second-order valence-electron chi connectivity index (χ2n) is 5.24. The molecular weight excluding hydrogens is 288 g/mol. The number of methoxy groups -OCH3 is 1. The van der Waals surface area contributed by atoms with Crippen LogP contribution in [0.4, 0.5) is 0 Å². The van der Waals surface area contributed by atoms with Gasteiger partial charge in [-0.15, -0.1) is 0 Å². The number of carbonyl (C=O) groups is 2. The Labute approximate surface area is 116 Å². The van der Waals surface area contributed by atoms with Gasteiger partial charge in [0.1, 0.15) is 11.4 Å². The first-order valence-corrected chi connectivity index (χ1v) is 7.71. The Balaban J connectivity index is 1.98. The van der Waals surface area contributed by atoms with E-state index in [1.165, 1.54) is 7.11 Å². The Kier molecular flexibility index (Phi) is 2.91. The highest BCUT2D eigenvalue weighted by molar-refractivity contribution is 7.87. The van der Waals surface area contributed by atoms with Crippen molar-refractivity contribution in [3.8, 4) is 0 Å². The van der Waals surface area contributed by atoms with Crippen molar-refractivity contribution in [2.45, 2.75) is 23.9 Å². The van der Waals surface area contributed by atoms with Crippen LogP contribution in [0.5, 0.6) is 0 Å². The van der Waals surface area contributed by atoms with Crippen molar-refractivity contribution in [2.75, 3.05) is 7.11 Å². The van der Waals surface area contributed by atoms with Crippen LogP contribution < -0.4 is 0 Å². The van der Waals surface area contributed by atoms with E-state index in [4.69, 9.17) is 13.7 Å². The summed E-state index contributed by atoms with van der Waals surface area (Å²) in [5.41, 5.74) is 0. The molecule has 1 saturated heterocycles. The molecular formula is C12H14O7S. The molecule has 0 aromatic rings. The third-order valence-electron chi connectivity index (χ3n) is 4.42. The van der Waals surface area contributed by atoms with E-state index in [1.54, 1.807) is 0 Å². The number of fused-ring (bicyclic) bond motifs is 1. The standard InChI is InChI=1S/C12H14O7S/c1-3-7(13)18-10-5-4-6-9(8(5)12(14)17-2)19-20(15,16)11(6)10/h3,5-6,8-11H,1,4H2,2H3. The van der Waals surface area contributed by atoms with Crippen molar-refractivity contribution in [3.05, 3.63) is 12.7 Å². The maximum atomic E-state index is 12.0. The van der Waals surface area contributed by atoms with Gasteiger partial charge in [0.2, 0.25) is 0 Å². The van der Waals surface area contributed by atoms with Gasteiger partial charge in [0.25, 0.3) is 10.1 Å². The quantitative estimate of drug-likeness (QED) is 0.398. The molecule has 3 fully saturated rings. The van der Waals surface area contributed by atoms with Gasteiger partial charge in [0.05, 0.1) is 19.1 Å². The van der Waals surface area contributed by atoms with Gasteiger partial charge in [0.15, 0.2) is 0 Å². The van der Waals surface area contributed by atoms with Crippen molar-refractivity contribution >= 4 is 22.1 Å². The van der Waals surface area contributed by atoms with Crippen molar-refractivity contribution in [1.82, 2.24) is 0 Å². The van der Waals surface area contributed by atoms with Gasteiger partial charge in [0, 0.05) is 17.9 Å². The summed E-state index contributed by atoms with van der Waals surface area (Å²) >= 11 is 0. The number of hydrogen-bond donors (Lipinski definition) is 0. The highest BCUT2D eigenvalue weighted by atomic mass is 32.2. The van der Waals surface area contributed by atoms with Crippen molar-refractivity contribution in [2.24, 2.45) is 17.8 Å². The first-order valence-electron chi connectivity index (χ1n) is 6.23. The van der Waals surface area contributed by atoms with Gasteiger partial charge in [-0.2, -0.15) is 8.42 Å². The highest BCUT2D eigenvalue weighted by Gasteiger charge is 2.71. The minimum absolute atomic E-state index is 0.322. The summed E-state index contributed by atoms with van der Waals surface area (Å²) in [6.07, 6.45) is -0.123. The topological polar surface area (TPSA) is 96.0 Å². The minimum atomic E-state index is -3.83. The second kappa shape index (κ2) is 4.29. The summed E-state index contributed by atoms with van der Waals surface area (Å²) in [6, 6.07) is 0. The van der Waals surface area contributed by atoms with Crippen LogP contribution in [0.15, 0.2) is 12.7 Å². The molecule has 7 nitrogen and oxygen atoms in total. The zero-order chi connectivity index (χ0) is 14.7. The molecule has 8 heteroatoms. The maximum Gasteiger partial charge on any atom is 0.330 e. The summed E-state index contributed by atoms with van der Waals surface area (Å²) in [5, 5.41) is -0.887. The zero-order valence-electron chi connectivity index (χ0n) is 10.7. The number of ether oxygens (including phenoxy) is 2. The fourth-order valence-electron chi connectivity index (χ4n) is 3.76.